The van der Waals surface area contributed by atoms with Gasteiger partial charge >= 0.3 is 0 Å². The standard InChI is InChI=1S/C30H26Cl3N3O/c1-29(2,18-5-9-21(31)10-6-18)20-15-24(30(3,4)19-7-11-22(32)12-8-19)28(37)27(16-20)36-34-25-14-13-23(33)17-26(25)35-36/h5-17,37H,1-4H3. The number of rotatable bonds is 5. The predicted molar refractivity (Wildman–Crippen MR) is 153 cm³/mol. The Hall–Kier alpha value is -3.05. The van der Waals surface area contributed by atoms with Crippen LogP contribution >= 0.6 is 34.8 Å². The van der Waals surface area contributed by atoms with Crippen LogP contribution in [0.3, 0.4) is 0 Å². The fraction of sp³-hybridized carbons (Fsp3) is 0.200. The Labute approximate surface area is 231 Å². The topological polar surface area (TPSA) is 50.9 Å². The molecule has 4 nitrogen and oxygen atoms in total. The highest BCUT2D eigenvalue weighted by molar-refractivity contribution is 6.31. The summed E-state index contributed by atoms with van der Waals surface area (Å²) in [5.41, 5.74) is 4.72. The van der Waals surface area contributed by atoms with E-state index in [1.165, 1.54) is 4.80 Å². The van der Waals surface area contributed by atoms with Gasteiger partial charge in [0.2, 0.25) is 0 Å². The van der Waals surface area contributed by atoms with E-state index in [-0.39, 0.29) is 5.75 Å². The fourth-order valence-electron chi connectivity index (χ4n) is 4.66. The summed E-state index contributed by atoms with van der Waals surface area (Å²) in [5, 5.41) is 22.9. The Morgan fingerprint density at radius 1 is 0.595 bits per heavy atom. The monoisotopic (exact) mass is 549 g/mol. The molecule has 0 amide bonds. The molecule has 0 saturated carbocycles. The number of nitrogens with zero attached hydrogens (tertiary/aromatic N) is 3. The van der Waals surface area contributed by atoms with Crippen molar-refractivity contribution >= 4 is 45.8 Å². The van der Waals surface area contributed by atoms with Gasteiger partial charge in [-0.1, -0.05) is 92.8 Å². The van der Waals surface area contributed by atoms with Crippen LogP contribution in [0.25, 0.3) is 16.7 Å². The van der Waals surface area contributed by atoms with Crippen LogP contribution in [-0.2, 0) is 10.8 Å². The number of aromatic hydroxyl groups is 1. The second-order valence-electron chi connectivity index (χ2n) is 10.3. The van der Waals surface area contributed by atoms with Crippen molar-refractivity contribution in [1.82, 2.24) is 15.0 Å². The lowest BCUT2D eigenvalue weighted by atomic mass is 9.72. The molecule has 0 aliphatic heterocycles. The number of aromatic nitrogens is 3. The maximum Gasteiger partial charge on any atom is 0.147 e. The highest BCUT2D eigenvalue weighted by Gasteiger charge is 2.33. The Morgan fingerprint density at radius 3 is 1.70 bits per heavy atom. The highest BCUT2D eigenvalue weighted by Crippen LogP contribution is 2.44. The minimum Gasteiger partial charge on any atom is -0.505 e. The van der Waals surface area contributed by atoms with E-state index in [1.54, 1.807) is 12.1 Å². The Kier molecular flexibility index (Phi) is 6.47. The van der Waals surface area contributed by atoms with Crippen molar-refractivity contribution in [2.45, 2.75) is 38.5 Å². The molecule has 0 aliphatic rings. The first-order valence-corrected chi connectivity index (χ1v) is 13.0. The Morgan fingerprint density at radius 2 is 1.11 bits per heavy atom. The zero-order valence-electron chi connectivity index (χ0n) is 20.9. The third-order valence-electron chi connectivity index (χ3n) is 7.17. The molecule has 0 fully saturated rings. The molecule has 0 unspecified atom stereocenters. The van der Waals surface area contributed by atoms with Crippen molar-refractivity contribution in [3.05, 3.63) is 116 Å². The van der Waals surface area contributed by atoms with Crippen LogP contribution in [0, 0.1) is 0 Å². The number of hydrogen-bond acceptors (Lipinski definition) is 3. The minimum atomic E-state index is -0.550. The first-order chi connectivity index (χ1) is 17.5. The van der Waals surface area contributed by atoms with Gasteiger partial charge in [0.25, 0.3) is 0 Å². The van der Waals surface area contributed by atoms with Crippen molar-refractivity contribution in [2.24, 2.45) is 0 Å². The zero-order valence-corrected chi connectivity index (χ0v) is 23.2. The van der Waals surface area contributed by atoms with E-state index in [4.69, 9.17) is 34.8 Å². The van der Waals surface area contributed by atoms with Gasteiger partial charge in [-0.3, -0.25) is 0 Å². The number of phenols is 1. The quantitative estimate of drug-likeness (QED) is 0.238. The number of phenolic OH excluding ortho intramolecular Hbond substituents is 1. The molecule has 5 aromatic rings. The third-order valence-corrected chi connectivity index (χ3v) is 7.91. The lowest BCUT2D eigenvalue weighted by molar-refractivity contribution is 0.445. The zero-order chi connectivity index (χ0) is 26.5. The summed E-state index contributed by atoms with van der Waals surface area (Å²) >= 11 is 18.5. The van der Waals surface area contributed by atoms with Crippen LogP contribution in [0.15, 0.2) is 78.9 Å². The number of hydrogen-bond donors (Lipinski definition) is 1. The molecule has 1 aromatic heterocycles. The van der Waals surface area contributed by atoms with E-state index in [9.17, 15) is 5.11 Å². The molecule has 0 bridgehead atoms. The second-order valence-corrected chi connectivity index (χ2v) is 11.6. The van der Waals surface area contributed by atoms with Gasteiger partial charge in [-0.2, -0.15) is 0 Å². The van der Waals surface area contributed by atoms with Gasteiger partial charge < -0.3 is 5.11 Å². The molecule has 0 aliphatic carbocycles. The van der Waals surface area contributed by atoms with Crippen LogP contribution < -0.4 is 0 Å². The van der Waals surface area contributed by atoms with Gasteiger partial charge in [-0.15, -0.1) is 15.0 Å². The molecule has 188 valence electrons. The molecule has 0 radical (unpaired) electrons. The van der Waals surface area contributed by atoms with Gasteiger partial charge in [-0.25, -0.2) is 0 Å². The van der Waals surface area contributed by atoms with Gasteiger partial charge in [0.05, 0.1) is 0 Å². The van der Waals surface area contributed by atoms with E-state index >= 15 is 0 Å². The van der Waals surface area contributed by atoms with Gasteiger partial charge in [-0.05, 0) is 65.2 Å². The molecule has 0 saturated heterocycles. The van der Waals surface area contributed by atoms with Crippen LogP contribution in [0.1, 0.15) is 49.9 Å². The summed E-state index contributed by atoms with van der Waals surface area (Å²) in [5.74, 6) is 0.113. The van der Waals surface area contributed by atoms with Crippen molar-refractivity contribution in [1.29, 1.82) is 0 Å². The molecular formula is C30H26Cl3N3O. The normalized spacial score (nSPS) is 12.3. The summed E-state index contributed by atoms with van der Waals surface area (Å²) in [7, 11) is 0. The lowest BCUT2D eigenvalue weighted by Crippen LogP contribution is -2.24. The Balaban J connectivity index is 1.76. The van der Waals surface area contributed by atoms with Crippen molar-refractivity contribution in [3.63, 3.8) is 0 Å². The molecule has 5 rings (SSSR count). The van der Waals surface area contributed by atoms with E-state index in [0.29, 0.717) is 31.8 Å². The van der Waals surface area contributed by atoms with E-state index in [0.717, 1.165) is 22.3 Å². The minimum absolute atomic E-state index is 0.113. The van der Waals surface area contributed by atoms with Gasteiger partial charge in [0, 0.05) is 31.5 Å². The average Bonchev–Trinajstić information content (AvgIpc) is 3.27. The summed E-state index contributed by atoms with van der Waals surface area (Å²) in [6.07, 6.45) is 0. The number of fused-ring (bicyclic) bond motifs is 1. The first-order valence-electron chi connectivity index (χ1n) is 11.9. The van der Waals surface area contributed by atoms with Crippen LogP contribution in [0.2, 0.25) is 15.1 Å². The van der Waals surface area contributed by atoms with Gasteiger partial charge in [0.1, 0.15) is 22.5 Å². The summed E-state index contributed by atoms with van der Waals surface area (Å²) in [4.78, 5) is 1.49. The maximum absolute atomic E-state index is 11.7. The van der Waals surface area contributed by atoms with Crippen LogP contribution in [0.5, 0.6) is 5.75 Å². The summed E-state index contributed by atoms with van der Waals surface area (Å²) < 4.78 is 0. The van der Waals surface area contributed by atoms with E-state index in [2.05, 4.69) is 44.0 Å². The predicted octanol–water partition coefficient (Wildman–Crippen LogP) is 8.74. The first kappa shape index (κ1) is 25.6. The summed E-state index contributed by atoms with van der Waals surface area (Å²) in [6, 6.07) is 24.9. The fourth-order valence-corrected chi connectivity index (χ4v) is 5.08. The van der Waals surface area contributed by atoms with Crippen molar-refractivity contribution in [2.75, 3.05) is 0 Å². The van der Waals surface area contributed by atoms with E-state index < -0.39 is 10.8 Å². The van der Waals surface area contributed by atoms with Crippen LogP contribution in [-0.4, -0.2) is 20.1 Å². The second kappa shape index (κ2) is 9.36. The highest BCUT2D eigenvalue weighted by atomic mass is 35.5. The third kappa shape index (κ3) is 4.70. The largest absolute Gasteiger partial charge is 0.505 e. The summed E-state index contributed by atoms with van der Waals surface area (Å²) in [6.45, 7) is 8.47. The van der Waals surface area contributed by atoms with Crippen molar-refractivity contribution < 1.29 is 5.11 Å². The smallest absolute Gasteiger partial charge is 0.147 e. The molecule has 0 spiro atoms. The molecular weight excluding hydrogens is 525 g/mol. The molecule has 7 heteroatoms. The number of benzene rings is 4. The lowest BCUT2D eigenvalue weighted by Gasteiger charge is -2.32. The SMILES string of the molecule is CC(C)(c1ccc(Cl)cc1)c1cc(-n2nc3ccc(Cl)cc3n2)c(O)c(C(C)(C)c2ccc(Cl)cc2)c1. The van der Waals surface area contributed by atoms with Crippen molar-refractivity contribution in [3.8, 4) is 11.4 Å². The molecule has 1 heterocycles. The van der Waals surface area contributed by atoms with E-state index in [1.807, 2.05) is 60.7 Å². The molecule has 1 N–H and O–H groups in total. The maximum atomic E-state index is 11.7. The molecule has 37 heavy (non-hydrogen) atoms. The van der Waals surface area contributed by atoms with Gasteiger partial charge in [0.15, 0.2) is 0 Å². The molecule has 4 aromatic carbocycles. The number of halogens is 3. The average molecular weight is 551 g/mol. The molecule has 0 atom stereocenters. The van der Waals surface area contributed by atoms with Crippen LogP contribution in [0.4, 0.5) is 0 Å². The Bertz CT molecular complexity index is 1600.